The summed E-state index contributed by atoms with van der Waals surface area (Å²) in [6, 6.07) is 24.1. The fourth-order valence-electron chi connectivity index (χ4n) is 3.01. The van der Waals surface area contributed by atoms with Crippen molar-refractivity contribution in [2.45, 2.75) is 0 Å². The summed E-state index contributed by atoms with van der Waals surface area (Å²) in [5.41, 5.74) is 4.08. The van der Waals surface area contributed by atoms with E-state index in [0.717, 1.165) is 22.0 Å². The molecule has 1 amide bonds. The normalized spacial score (nSPS) is 11.2. The van der Waals surface area contributed by atoms with E-state index in [1.807, 2.05) is 42.5 Å². The van der Waals surface area contributed by atoms with Gasteiger partial charge < -0.3 is 14.5 Å². The summed E-state index contributed by atoms with van der Waals surface area (Å²) >= 11 is 0. The van der Waals surface area contributed by atoms with E-state index in [1.54, 1.807) is 36.4 Å². The van der Waals surface area contributed by atoms with Crippen LogP contribution in [-0.2, 0) is 9.59 Å². The van der Waals surface area contributed by atoms with Crippen LogP contribution in [0.5, 0.6) is 5.75 Å². The Morgan fingerprint density at radius 1 is 0.939 bits per heavy atom. The Hall–Kier alpha value is -4.65. The van der Waals surface area contributed by atoms with Gasteiger partial charge >= 0.3 is 5.97 Å². The van der Waals surface area contributed by atoms with Gasteiger partial charge in [-0.05, 0) is 70.9 Å². The molecule has 0 atom stereocenters. The van der Waals surface area contributed by atoms with Gasteiger partial charge in [-0.25, -0.2) is 10.2 Å². The number of hydrogen-bond acceptors (Lipinski definition) is 6. The van der Waals surface area contributed by atoms with Crippen molar-refractivity contribution in [3.05, 3.63) is 103 Å². The highest BCUT2D eigenvalue weighted by molar-refractivity contribution is 5.89. The number of esters is 1. The fourth-order valence-corrected chi connectivity index (χ4v) is 3.01. The molecule has 1 aromatic heterocycles. The second-order valence-corrected chi connectivity index (χ2v) is 7.05. The summed E-state index contributed by atoms with van der Waals surface area (Å²) in [7, 11) is 0. The predicted molar refractivity (Wildman–Crippen MR) is 128 cm³/mol. The van der Waals surface area contributed by atoms with E-state index in [4.69, 9.17) is 9.15 Å². The third kappa shape index (κ3) is 6.41. The van der Waals surface area contributed by atoms with E-state index < -0.39 is 5.97 Å². The molecule has 7 heteroatoms. The Labute approximate surface area is 190 Å². The SMILES string of the molecule is O=C(CNc1ccc2ccccc2c1)NN=Cc1ccc(OC(=O)/C=C/c2ccco2)cc1. The number of nitrogens with zero attached hydrogens (tertiary/aromatic N) is 1. The molecule has 0 fully saturated rings. The number of hydrogen-bond donors (Lipinski definition) is 2. The first-order chi connectivity index (χ1) is 16.2. The Morgan fingerprint density at radius 2 is 1.76 bits per heavy atom. The number of carbonyl (C=O) groups is 2. The molecule has 0 aliphatic carbocycles. The quantitative estimate of drug-likeness (QED) is 0.137. The summed E-state index contributed by atoms with van der Waals surface area (Å²) in [5.74, 6) is 0.171. The Balaban J connectivity index is 1.22. The molecule has 3 aromatic carbocycles. The van der Waals surface area contributed by atoms with Crippen molar-refractivity contribution in [1.29, 1.82) is 0 Å². The highest BCUT2D eigenvalue weighted by atomic mass is 16.5. The first-order valence-corrected chi connectivity index (χ1v) is 10.2. The molecule has 0 aliphatic rings. The molecule has 33 heavy (non-hydrogen) atoms. The van der Waals surface area contributed by atoms with E-state index in [2.05, 4.69) is 15.8 Å². The van der Waals surface area contributed by atoms with Crippen molar-refractivity contribution in [2.24, 2.45) is 5.10 Å². The van der Waals surface area contributed by atoms with Gasteiger partial charge in [-0.1, -0.05) is 30.3 Å². The topological polar surface area (TPSA) is 92.9 Å². The number of fused-ring (bicyclic) bond motifs is 1. The molecular weight excluding hydrogens is 418 g/mol. The highest BCUT2D eigenvalue weighted by Crippen LogP contribution is 2.18. The minimum absolute atomic E-state index is 0.0933. The molecule has 0 saturated heterocycles. The van der Waals surface area contributed by atoms with Crippen LogP contribution < -0.4 is 15.5 Å². The molecule has 0 radical (unpaired) electrons. The van der Waals surface area contributed by atoms with Gasteiger partial charge in [-0.15, -0.1) is 0 Å². The van der Waals surface area contributed by atoms with Crippen LogP contribution >= 0.6 is 0 Å². The Bertz CT molecular complexity index is 1290. The van der Waals surface area contributed by atoms with Crippen molar-refractivity contribution in [2.75, 3.05) is 11.9 Å². The van der Waals surface area contributed by atoms with Crippen molar-refractivity contribution < 1.29 is 18.7 Å². The smallest absolute Gasteiger partial charge is 0.336 e. The number of anilines is 1. The molecule has 7 nitrogen and oxygen atoms in total. The number of nitrogens with one attached hydrogen (secondary N) is 2. The largest absolute Gasteiger partial charge is 0.465 e. The van der Waals surface area contributed by atoms with Crippen LogP contribution in [-0.4, -0.2) is 24.6 Å². The highest BCUT2D eigenvalue weighted by Gasteiger charge is 2.02. The minimum Gasteiger partial charge on any atom is -0.465 e. The number of benzene rings is 3. The average molecular weight is 439 g/mol. The van der Waals surface area contributed by atoms with Crippen LogP contribution in [0.1, 0.15) is 11.3 Å². The van der Waals surface area contributed by atoms with Gasteiger partial charge in [0.2, 0.25) is 0 Å². The zero-order valence-corrected chi connectivity index (χ0v) is 17.6. The second kappa shape index (κ2) is 10.6. The van der Waals surface area contributed by atoms with Crippen LogP contribution in [0, 0.1) is 0 Å². The first kappa shape index (κ1) is 21.6. The van der Waals surface area contributed by atoms with E-state index in [-0.39, 0.29) is 12.5 Å². The maximum absolute atomic E-state index is 12.0. The van der Waals surface area contributed by atoms with Gasteiger partial charge in [0.05, 0.1) is 19.0 Å². The zero-order valence-electron chi connectivity index (χ0n) is 17.6. The van der Waals surface area contributed by atoms with Crippen LogP contribution in [0.3, 0.4) is 0 Å². The summed E-state index contributed by atoms with van der Waals surface area (Å²) in [4.78, 5) is 23.9. The van der Waals surface area contributed by atoms with E-state index >= 15 is 0 Å². The van der Waals surface area contributed by atoms with Gasteiger partial charge in [0.1, 0.15) is 11.5 Å². The number of carbonyl (C=O) groups excluding carboxylic acids is 2. The maximum Gasteiger partial charge on any atom is 0.336 e. The lowest BCUT2D eigenvalue weighted by Crippen LogP contribution is -2.25. The molecule has 0 saturated carbocycles. The second-order valence-electron chi connectivity index (χ2n) is 7.05. The van der Waals surface area contributed by atoms with E-state index in [1.165, 1.54) is 24.6 Å². The van der Waals surface area contributed by atoms with Crippen LogP contribution in [0.15, 0.2) is 101 Å². The van der Waals surface area contributed by atoms with Crippen LogP contribution in [0.2, 0.25) is 0 Å². The first-order valence-electron chi connectivity index (χ1n) is 10.2. The third-order valence-electron chi connectivity index (χ3n) is 4.63. The Morgan fingerprint density at radius 3 is 2.55 bits per heavy atom. The van der Waals surface area contributed by atoms with Gasteiger partial charge in [0.15, 0.2) is 0 Å². The monoisotopic (exact) mass is 439 g/mol. The van der Waals surface area contributed by atoms with Crippen LogP contribution in [0.4, 0.5) is 5.69 Å². The van der Waals surface area contributed by atoms with Crippen molar-refractivity contribution in [3.8, 4) is 5.75 Å². The average Bonchev–Trinajstić information content (AvgIpc) is 3.36. The van der Waals surface area contributed by atoms with Gasteiger partial charge in [-0.2, -0.15) is 5.10 Å². The lowest BCUT2D eigenvalue weighted by Gasteiger charge is -2.06. The van der Waals surface area contributed by atoms with Crippen molar-refractivity contribution in [1.82, 2.24) is 5.43 Å². The molecule has 0 bridgehead atoms. The van der Waals surface area contributed by atoms with Crippen LogP contribution in [0.25, 0.3) is 16.8 Å². The molecule has 4 aromatic rings. The number of amides is 1. The van der Waals surface area contributed by atoms with Gasteiger partial charge in [0, 0.05) is 11.8 Å². The summed E-state index contributed by atoms with van der Waals surface area (Å²) in [6.45, 7) is 0.0933. The minimum atomic E-state index is -0.515. The number of rotatable bonds is 8. The molecular formula is C26H21N3O4. The standard InChI is InChI=1S/C26H21N3O4/c30-25(18-27-22-10-9-20-4-1-2-5-21(20)16-22)29-28-17-19-7-11-24(12-8-19)33-26(31)14-13-23-6-3-15-32-23/h1-17,27H,18H2,(H,29,30)/b14-13+,28-17?. The zero-order chi connectivity index (χ0) is 22.9. The number of ether oxygens (including phenoxy) is 1. The van der Waals surface area contributed by atoms with E-state index in [9.17, 15) is 9.59 Å². The predicted octanol–water partition coefficient (Wildman–Crippen LogP) is 4.61. The number of furan rings is 1. The maximum atomic E-state index is 12.0. The molecule has 1 heterocycles. The summed E-state index contributed by atoms with van der Waals surface area (Å²) in [6.07, 6.45) is 5.85. The van der Waals surface area contributed by atoms with Gasteiger partial charge in [0.25, 0.3) is 5.91 Å². The summed E-state index contributed by atoms with van der Waals surface area (Å²) < 4.78 is 10.3. The molecule has 0 unspecified atom stereocenters. The Kier molecular flexibility index (Phi) is 6.92. The van der Waals surface area contributed by atoms with Crippen molar-refractivity contribution >= 4 is 40.6 Å². The van der Waals surface area contributed by atoms with Gasteiger partial charge in [-0.3, -0.25) is 4.79 Å². The lowest BCUT2D eigenvalue weighted by atomic mass is 10.1. The molecule has 0 spiro atoms. The molecule has 0 aliphatic heterocycles. The van der Waals surface area contributed by atoms with E-state index in [0.29, 0.717) is 11.5 Å². The molecule has 164 valence electrons. The lowest BCUT2D eigenvalue weighted by molar-refractivity contribution is -0.129. The fraction of sp³-hybridized carbons (Fsp3) is 0.0385. The molecule has 4 rings (SSSR count). The number of hydrazone groups is 1. The molecule has 2 N–H and O–H groups in total. The van der Waals surface area contributed by atoms with Crippen molar-refractivity contribution in [3.63, 3.8) is 0 Å². The summed E-state index contributed by atoms with van der Waals surface area (Å²) in [5, 5.41) is 9.29. The third-order valence-corrected chi connectivity index (χ3v) is 4.63.